The second-order valence-corrected chi connectivity index (χ2v) is 10.0. The van der Waals surface area contributed by atoms with E-state index in [0.29, 0.717) is 16.7 Å². The Morgan fingerprint density at radius 1 is 1.00 bits per heavy atom. The molecule has 170 valence electrons. The molecule has 0 fully saturated rings. The third-order valence-corrected chi connectivity index (χ3v) is 6.88. The predicted molar refractivity (Wildman–Crippen MR) is 129 cm³/mol. The van der Waals surface area contributed by atoms with Gasteiger partial charge in [-0.05, 0) is 36.6 Å². The molecule has 1 heterocycles. The largest absolute Gasteiger partial charge is 0.394 e. The molecule has 7 nitrogen and oxygen atoms in total. The average Bonchev–Trinajstić information content (AvgIpc) is 2.78. The lowest BCUT2D eigenvalue weighted by molar-refractivity contribution is 0.281. The number of aliphatic hydroxyl groups excluding tert-OH is 1. The number of aryl methyl sites for hydroxylation is 1. The molecule has 1 atom stereocenters. The summed E-state index contributed by atoms with van der Waals surface area (Å²) in [5, 5.41) is 12.9. The van der Waals surface area contributed by atoms with Gasteiger partial charge in [0.15, 0.2) is 5.16 Å². The van der Waals surface area contributed by atoms with Crippen LogP contribution in [0.15, 0.2) is 70.7 Å². The molecule has 0 spiro atoms. The van der Waals surface area contributed by atoms with E-state index in [1.54, 1.807) is 19.1 Å². The predicted octanol–water partition coefficient (Wildman–Crippen LogP) is 4.31. The van der Waals surface area contributed by atoms with Gasteiger partial charge in [-0.2, -0.15) is 0 Å². The lowest BCUT2D eigenvalue weighted by Crippen LogP contribution is -2.21. The number of benzene rings is 2. The summed E-state index contributed by atoms with van der Waals surface area (Å²) in [5.74, 6) is 1.25. The van der Waals surface area contributed by atoms with Gasteiger partial charge in [0, 0.05) is 17.9 Å². The maximum atomic E-state index is 12.9. The Bertz CT molecular complexity index is 1110. The number of aliphatic hydroxyl groups is 1. The number of nitrogens with one attached hydrogen (secondary N) is 2. The Balaban J connectivity index is 1.83. The fourth-order valence-electron chi connectivity index (χ4n) is 2.96. The molecule has 1 aromatic heterocycles. The molecule has 9 heteroatoms. The second-order valence-electron chi connectivity index (χ2n) is 7.42. The average molecular weight is 473 g/mol. The van der Waals surface area contributed by atoms with Gasteiger partial charge in [0.2, 0.25) is 0 Å². The van der Waals surface area contributed by atoms with Gasteiger partial charge in [0.05, 0.1) is 11.5 Å². The van der Waals surface area contributed by atoms with Crippen molar-refractivity contribution in [1.82, 2.24) is 9.97 Å². The highest BCUT2D eigenvalue weighted by Gasteiger charge is 2.17. The van der Waals surface area contributed by atoms with E-state index in [1.165, 1.54) is 17.8 Å². The van der Waals surface area contributed by atoms with E-state index in [1.807, 2.05) is 42.5 Å². The zero-order valence-electron chi connectivity index (χ0n) is 18.2. The lowest BCUT2D eigenvalue weighted by atomic mass is 10.1. The Morgan fingerprint density at radius 2 is 1.69 bits per heavy atom. The minimum atomic E-state index is -3.81. The molecule has 0 saturated heterocycles. The van der Waals surface area contributed by atoms with Crippen molar-refractivity contribution in [1.29, 1.82) is 0 Å². The summed E-state index contributed by atoms with van der Waals surface area (Å²) in [5.41, 5.74) is 2.20. The van der Waals surface area contributed by atoms with E-state index in [0.717, 1.165) is 24.0 Å². The molecule has 0 amide bonds. The molecule has 0 radical (unpaired) electrons. The number of hydrogen-bond donors (Lipinski definition) is 3. The van der Waals surface area contributed by atoms with E-state index >= 15 is 0 Å². The van der Waals surface area contributed by atoms with Crippen LogP contribution < -0.4 is 10.0 Å². The van der Waals surface area contributed by atoms with Gasteiger partial charge < -0.3 is 10.4 Å². The fourth-order valence-corrected chi connectivity index (χ4v) is 4.76. The summed E-state index contributed by atoms with van der Waals surface area (Å²) in [6, 6.07) is 18.0. The van der Waals surface area contributed by atoms with E-state index in [9.17, 15) is 13.5 Å². The van der Waals surface area contributed by atoms with Crippen molar-refractivity contribution in [3.63, 3.8) is 0 Å². The quantitative estimate of drug-likeness (QED) is 0.282. The molecule has 2 aromatic carbocycles. The smallest absolute Gasteiger partial charge is 0.263 e. The summed E-state index contributed by atoms with van der Waals surface area (Å²) in [7, 11) is -3.81. The molecule has 0 aliphatic heterocycles. The van der Waals surface area contributed by atoms with Crippen LogP contribution >= 0.6 is 11.8 Å². The van der Waals surface area contributed by atoms with Crippen LogP contribution in [-0.2, 0) is 22.2 Å². The standard InChI is InChI=1S/C23H28N4O3S2/c1-3-7-18-10-12-20(13-11-18)32(29,30)27-22-14-21(24-17(2)15-28)25-23(26-22)31-16-19-8-5-4-6-9-19/h4-6,8-14,17,28H,3,7,15-16H2,1-2H3,(H2,24,25,26,27)/t17-/m1/s1. The van der Waals surface area contributed by atoms with Crippen molar-refractivity contribution < 1.29 is 13.5 Å². The van der Waals surface area contributed by atoms with Crippen molar-refractivity contribution in [3.8, 4) is 0 Å². The molecule has 0 saturated carbocycles. The second kappa shape index (κ2) is 11.3. The molecule has 3 N–H and O–H groups in total. The van der Waals surface area contributed by atoms with Crippen molar-refractivity contribution in [2.24, 2.45) is 0 Å². The van der Waals surface area contributed by atoms with E-state index in [4.69, 9.17) is 0 Å². The third kappa shape index (κ3) is 6.94. The van der Waals surface area contributed by atoms with Crippen molar-refractivity contribution in [2.75, 3.05) is 16.6 Å². The van der Waals surface area contributed by atoms with Crippen molar-refractivity contribution >= 4 is 33.4 Å². The lowest BCUT2D eigenvalue weighted by Gasteiger charge is -2.14. The first-order chi connectivity index (χ1) is 15.4. The summed E-state index contributed by atoms with van der Waals surface area (Å²) < 4.78 is 28.4. The Labute approximate surface area is 193 Å². The number of rotatable bonds is 11. The highest BCUT2D eigenvalue weighted by atomic mass is 32.2. The maximum absolute atomic E-state index is 12.9. The zero-order chi connectivity index (χ0) is 23.0. The van der Waals surface area contributed by atoms with Crippen molar-refractivity contribution in [3.05, 3.63) is 71.8 Å². The van der Waals surface area contributed by atoms with Gasteiger partial charge in [-0.25, -0.2) is 18.4 Å². The summed E-state index contributed by atoms with van der Waals surface area (Å²) in [6.07, 6.45) is 1.90. The van der Waals surface area contributed by atoms with Crippen LogP contribution in [0.5, 0.6) is 0 Å². The van der Waals surface area contributed by atoms with E-state index < -0.39 is 10.0 Å². The number of anilines is 2. The van der Waals surface area contributed by atoms with E-state index in [-0.39, 0.29) is 23.4 Å². The van der Waals surface area contributed by atoms with Crippen molar-refractivity contribution in [2.45, 2.75) is 48.5 Å². The summed E-state index contributed by atoms with van der Waals surface area (Å²) in [4.78, 5) is 9.04. The molecule has 0 aliphatic rings. The molecular weight excluding hydrogens is 444 g/mol. The van der Waals surface area contributed by atoms with Gasteiger partial charge in [-0.1, -0.05) is 67.6 Å². The number of hydrogen-bond acceptors (Lipinski definition) is 7. The van der Waals surface area contributed by atoms with Gasteiger partial charge in [-0.3, -0.25) is 4.72 Å². The van der Waals surface area contributed by atoms with Crippen LogP contribution in [0.4, 0.5) is 11.6 Å². The van der Waals surface area contributed by atoms with Crippen LogP contribution in [0.2, 0.25) is 0 Å². The molecular formula is C23H28N4O3S2. The third-order valence-electron chi connectivity index (χ3n) is 4.60. The molecule has 0 unspecified atom stereocenters. The van der Waals surface area contributed by atoms with Crippen LogP contribution in [-0.4, -0.2) is 36.1 Å². The highest BCUT2D eigenvalue weighted by molar-refractivity contribution is 7.98. The van der Waals surface area contributed by atoms with Gasteiger partial charge >= 0.3 is 0 Å². The topological polar surface area (TPSA) is 104 Å². The normalized spacial score (nSPS) is 12.3. The summed E-state index contributed by atoms with van der Waals surface area (Å²) >= 11 is 1.41. The number of aromatic nitrogens is 2. The van der Waals surface area contributed by atoms with E-state index in [2.05, 4.69) is 26.9 Å². The highest BCUT2D eigenvalue weighted by Crippen LogP contribution is 2.25. The minimum absolute atomic E-state index is 0.0817. The van der Waals surface area contributed by atoms with Crippen LogP contribution in [0.25, 0.3) is 0 Å². The number of thioether (sulfide) groups is 1. The van der Waals surface area contributed by atoms with Crippen LogP contribution in [0, 0.1) is 0 Å². The van der Waals surface area contributed by atoms with Gasteiger partial charge in [0.25, 0.3) is 10.0 Å². The SMILES string of the molecule is CCCc1ccc(S(=O)(=O)Nc2cc(N[C@H](C)CO)nc(SCc3ccccc3)n2)cc1. The molecule has 0 aliphatic carbocycles. The van der Waals surface area contributed by atoms with Gasteiger partial charge in [0.1, 0.15) is 11.6 Å². The monoisotopic (exact) mass is 472 g/mol. The van der Waals surface area contributed by atoms with Gasteiger partial charge in [-0.15, -0.1) is 0 Å². The Kier molecular flexibility index (Phi) is 8.49. The summed E-state index contributed by atoms with van der Waals surface area (Å²) in [6.45, 7) is 3.81. The first-order valence-electron chi connectivity index (χ1n) is 10.4. The number of sulfonamides is 1. The fraction of sp³-hybridized carbons (Fsp3) is 0.304. The molecule has 32 heavy (non-hydrogen) atoms. The zero-order valence-corrected chi connectivity index (χ0v) is 19.8. The molecule has 3 rings (SSSR count). The van der Waals surface area contributed by atoms with Crippen LogP contribution in [0.1, 0.15) is 31.4 Å². The maximum Gasteiger partial charge on any atom is 0.263 e. The number of nitrogens with zero attached hydrogens (tertiary/aromatic N) is 2. The minimum Gasteiger partial charge on any atom is -0.394 e. The first kappa shape index (κ1) is 24.0. The first-order valence-corrected chi connectivity index (χ1v) is 12.9. The Hall–Kier alpha value is -2.62. The molecule has 3 aromatic rings. The van der Waals surface area contributed by atoms with Crippen LogP contribution in [0.3, 0.4) is 0 Å². The molecule has 0 bridgehead atoms. The Morgan fingerprint density at radius 3 is 2.34 bits per heavy atom.